The van der Waals surface area contributed by atoms with Crippen molar-refractivity contribution in [1.82, 2.24) is 10.2 Å². The van der Waals surface area contributed by atoms with Crippen LogP contribution in [-0.4, -0.2) is 50.2 Å². The van der Waals surface area contributed by atoms with Gasteiger partial charge in [0, 0.05) is 0 Å². The zero-order chi connectivity index (χ0) is 25.5. The predicted octanol–water partition coefficient (Wildman–Crippen LogP) is 4.21. The number of carbonyl (C=O) groups excluding carboxylic acids is 3. The van der Waals surface area contributed by atoms with Gasteiger partial charge in [-0.15, -0.1) is 0 Å². The number of barbiturate groups is 1. The van der Waals surface area contributed by atoms with Gasteiger partial charge in [-0.25, -0.2) is 4.79 Å². The predicted molar refractivity (Wildman–Crippen MR) is 130 cm³/mol. The average Bonchev–Trinajstić information content (AvgIpc) is 2.84. The second kappa shape index (κ2) is 11.6. The normalized spacial score (nSPS) is 14.7. The van der Waals surface area contributed by atoms with Crippen molar-refractivity contribution >= 4 is 35.5 Å². The van der Waals surface area contributed by atoms with Gasteiger partial charge in [-0.2, -0.15) is 0 Å². The van der Waals surface area contributed by atoms with Gasteiger partial charge in [0.2, 0.25) is 0 Å². The molecule has 0 radical (unpaired) electrons. The summed E-state index contributed by atoms with van der Waals surface area (Å²) in [6, 6.07) is 7.44. The highest BCUT2D eigenvalue weighted by atomic mass is 35.5. The molecule has 35 heavy (non-hydrogen) atoms. The van der Waals surface area contributed by atoms with Gasteiger partial charge in [-0.05, 0) is 54.8 Å². The van der Waals surface area contributed by atoms with Gasteiger partial charge in [-0.3, -0.25) is 19.8 Å². The van der Waals surface area contributed by atoms with Gasteiger partial charge < -0.3 is 18.9 Å². The summed E-state index contributed by atoms with van der Waals surface area (Å²) < 4.78 is 21.8. The summed E-state index contributed by atoms with van der Waals surface area (Å²) in [6.45, 7) is 4.63. The van der Waals surface area contributed by atoms with Crippen molar-refractivity contribution in [3.05, 3.63) is 52.1 Å². The second-order valence-electron chi connectivity index (χ2n) is 7.51. The molecule has 4 amide bonds. The van der Waals surface area contributed by atoms with E-state index < -0.39 is 17.8 Å². The number of carbonyl (C=O) groups is 3. The third kappa shape index (κ3) is 5.86. The molecule has 0 aliphatic carbocycles. The summed E-state index contributed by atoms with van der Waals surface area (Å²) in [5, 5.41) is 2.46. The lowest BCUT2D eigenvalue weighted by Crippen LogP contribution is -2.53. The van der Waals surface area contributed by atoms with Crippen molar-refractivity contribution in [3.63, 3.8) is 0 Å². The first-order valence-electron chi connectivity index (χ1n) is 11.0. The fourth-order valence-corrected chi connectivity index (χ4v) is 3.71. The summed E-state index contributed by atoms with van der Waals surface area (Å²) in [4.78, 5) is 39.1. The van der Waals surface area contributed by atoms with E-state index in [0.717, 1.165) is 11.3 Å². The number of methoxy groups -OCH3 is 2. The first-order chi connectivity index (χ1) is 16.8. The van der Waals surface area contributed by atoms with Crippen molar-refractivity contribution < 1.29 is 33.3 Å². The van der Waals surface area contributed by atoms with E-state index >= 15 is 0 Å². The van der Waals surface area contributed by atoms with E-state index in [0.29, 0.717) is 47.3 Å². The third-order valence-corrected chi connectivity index (χ3v) is 5.35. The standard InChI is InChI=1S/C25H27ClN2O7/c1-5-9-35-19-8-7-15(12-20(19)32-3)14-28-24(30)17(23(29)27-25(28)31)10-16-11-18(26)22(34-6-2)21(13-16)33-4/h7-8,10-13H,5-6,9,14H2,1-4H3,(H,27,29,31)/b17-10+. The highest BCUT2D eigenvalue weighted by Crippen LogP contribution is 2.37. The molecule has 0 bridgehead atoms. The van der Waals surface area contributed by atoms with E-state index in [1.807, 2.05) is 13.8 Å². The number of benzene rings is 2. The monoisotopic (exact) mass is 502 g/mol. The van der Waals surface area contributed by atoms with Crippen molar-refractivity contribution in [2.45, 2.75) is 26.8 Å². The number of imide groups is 2. The topological polar surface area (TPSA) is 103 Å². The Kier molecular flexibility index (Phi) is 8.59. The molecule has 0 saturated carbocycles. The third-order valence-electron chi connectivity index (χ3n) is 5.07. The smallest absolute Gasteiger partial charge is 0.331 e. The molecular formula is C25H27ClN2O7. The number of ether oxygens (including phenoxy) is 4. The van der Waals surface area contributed by atoms with Crippen LogP contribution in [0.15, 0.2) is 35.9 Å². The number of nitrogens with one attached hydrogen (secondary N) is 1. The van der Waals surface area contributed by atoms with Crippen LogP contribution in [0.2, 0.25) is 5.02 Å². The minimum absolute atomic E-state index is 0.0763. The van der Waals surface area contributed by atoms with Crippen LogP contribution in [0.25, 0.3) is 6.08 Å². The Labute approximate surface area is 208 Å². The highest BCUT2D eigenvalue weighted by Gasteiger charge is 2.36. The molecule has 10 heteroatoms. The highest BCUT2D eigenvalue weighted by molar-refractivity contribution is 6.33. The van der Waals surface area contributed by atoms with Gasteiger partial charge in [0.1, 0.15) is 5.57 Å². The van der Waals surface area contributed by atoms with Crippen LogP contribution in [0.5, 0.6) is 23.0 Å². The van der Waals surface area contributed by atoms with Crippen molar-refractivity contribution in [2.75, 3.05) is 27.4 Å². The lowest BCUT2D eigenvalue weighted by molar-refractivity contribution is -0.130. The van der Waals surface area contributed by atoms with E-state index in [4.69, 9.17) is 30.5 Å². The van der Waals surface area contributed by atoms with Crippen molar-refractivity contribution in [2.24, 2.45) is 0 Å². The number of hydrogen-bond acceptors (Lipinski definition) is 7. The fourth-order valence-electron chi connectivity index (χ4n) is 3.44. The van der Waals surface area contributed by atoms with E-state index in [-0.39, 0.29) is 17.1 Å². The van der Waals surface area contributed by atoms with Gasteiger partial charge in [0.25, 0.3) is 11.8 Å². The Morgan fingerprint density at radius 2 is 1.71 bits per heavy atom. The molecule has 0 unspecified atom stereocenters. The average molecular weight is 503 g/mol. The Morgan fingerprint density at radius 3 is 2.37 bits per heavy atom. The maximum Gasteiger partial charge on any atom is 0.331 e. The SMILES string of the molecule is CCCOc1ccc(CN2C(=O)NC(=O)/C(=C\c3cc(Cl)c(OCC)c(OC)c3)C2=O)cc1OC. The van der Waals surface area contributed by atoms with Gasteiger partial charge in [0.15, 0.2) is 23.0 Å². The number of nitrogens with zero attached hydrogens (tertiary/aromatic N) is 1. The molecule has 9 nitrogen and oxygen atoms in total. The van der Waals surface area contributed by atoms with Crippen LogP contribution in [0, 0.1) is 0 Å². The minimum atomic E-state index is -0.815. The zero-order valence-corrected chi connectivity index (χ0v) is 20.7. The van der Waals surface area contributed by atoms with Crippen LogP contribution in [-0.2, 0) is 16.1 Å². The molecule has 0 atom stereocenters. The summed E-state index contributed by atoms with van der Waals surface area (Å²) in [6.07, 6.45) is 2.19. The number of hydrogen-bond donors (Lipinski definition) is 1. The van der Waals surface area contributed by atoms with Crippen LogP contribution in [0.1, 0.15) is 31.4 Å². The summed E-state index contributed by atoms with van der Waals surface area (Å²) in [7, 11) is 2.96. The fraction of sp³-hybridized carbons (Fsp3) is 0.320. The van der Waals surface area contributed by atoms with Gasteiger partial charge in [-0.1, -0.05) is 24.6 Å². The van der Waals surface area contributed by atoms with Crippen molar-refractivity contribution in [3.8, 4) is 23.0 Å². The Morgan fingerprint density at radius 1 is 0.971 bits per heavy atom. The molecular weight excluding hydrogens is 476 g/mol. The van der Waals surface area contributed by atoms with Crippen LogP contribution < -0.4 is 24.3 Å². The van der Waals surface area contributed by atoms with Crippen LogP contribution in [0.3, 0.4) is 0 Å². The summed E-state index contributed by atoms with van der Waals surface area (Å²) in [5.74, 6) is 0.193. The first kappa shape index (κ1) is 25.9. The molecule has 186 valence electrons. The van der Waals surface area contributed by atoms with Gasteiger partial charge >= 0.3 is 6.03 Å². The van der Waals surface area contributed by atoms with Crippen LogP contribution in [0.4, 0.5) is 4.79 Å². The number of amides is 4. The molecule has 1 aliphatic heterocycles. The molecule has 1 saturated heterocycles. The largest absolute Gasteiger partial charge is 0.493 e. The molecule has 1 fully saturated rings. The van der Waals surface area contributed by atoms with E-state index in [2.05, 4.69) is 5.32 Å². The lowest BCUT2D eigenvalue weighted by Gasteiger charge is -2.26. The molecule has 0 spiro atoms. The number of halogens is 1. The first-order valence-corrected chi connectivity index (χ1v) is 11.4. The van der Waals surface area contributed by atoms with E-state index in [9.17, 15) is 14.4 Å². The zero-order valence-electron chi connectivity index (χ0n) is 20.0. The number of urea groups is 1. The van der Waals surface area contributed by atoms with Crippen molar-refractivity contribution in [1.29, 1.82) is 0 Å². The van der Waals surface area contributed by atoms with Gasteiger partial charge in [0.05, 0.1) is 39.0 Å². The summed E-state index contributed by atoms with van der Waals surface area (Å²) in [5.41, 5.74) is 0.831. The molecule has 2 aromatic carbocycles. The molecule has 1 aliphatic rings. The molecule has 0 aromatic heterocycles. The van der Waals surface area contributed by atoms with E-state index in [1.54, 1.807) is 30.3 Å². The Bertz CT molecular complexity index is 1160. The number of rotatable bonds is 10. The molecule has 1 heterocycles. The quantitative estimate of drug-likeness (QED) is 0.383. The maximum absolute atomic E-state index is 13.2. The Hall–Kier alpha value is -3.72. The summed E-state index contributed by atoms with van der Waals surface area (Å²) >= 11 is 6.31. The maximum atomic E-state index is 13.2. The van der Waals surface area contributed by atoms with Crippen LogP contribution >= 0.6 is 11.6 Å². The Balaban J connectivity index is 1.90. The second-order valence-corrected chi connectivity index (χ2v) is 7.92. The molecule has 2 aromatic rings. The molecule has 3 rings (SSSR count). The lowest BCUT2D eigenvalue weighted by atomic mass is 10.1. The molecule has 1 N–H and O–H groups in total. The minimum Gasteiger partial charge on any atom is -0.493 e. The van der Waals surface area contributed by atoms with E-state index in [1.165, 1.54) is 20.3 Å².